The first-order valence-electron chi connectivity index (χ1n) is 9.37. The number of piperidine rings is 1. The van der Waals surface area contributed by atoms with E-state index >= 15 is 0 Å². The molecule has 29 heavy (non-hydrogen) atoms. The molecule has 0 unspecified atom stereocenters. The first-order chi connectivity index (χ1) is 13.9. The summed E-state index contributed by atoms with van der Waals surface area (Å²) in [6, 6.07) is 16.6. The van der Waals surface area contributed by atoms with Crippen LogP contribution in [0, 0.1) is 5.82 Å². The number of nitrogens with one attached hydrogen (secondary N) is 1. The van der Waals surface area contributed by atoms with E-state index in [1.54, 1.807) is 18.2 Å². The van der Waals surface area contributed by atoms with Crippen LogP contribution >= 0.6 is 11.3 Å². The van der Waals surface area contributed by atoms with Gasteiger partial charge >= 0.3 is 0 Å². The molecule has 1 aliphatic heterocycles. The fourth-order valence-electron chi connectivity index (χ4n) is 3.88. The van der Waals surface area contributed by atoms with Gasteiger partial charge in [0.1, 0.15) is 5.82 Å². The Morgan fingerprint density at radius 2 is 1.72 bits per heavy atom. The smallest absolute Gasteiger partial charge is 0.211 e. The van der Waals surface area contributed by atoms with Crippen molar-refractivity contribution in [1.82, 2.24) is 9.29 Å². The third kappa shape index (κ3) is 4.05. The van der Waals surface area contributed by atoms with Crippen LogP contribution in [0.1, 0.15) is 24.1 Å². The molecule has 0 radical (unpaired) electrons. The zero-order valence-electron chi connectivity index (χ0n) is 16.0. The van der Waals surface area contributed by atoms with E-state index < -0.39 is 10.0 Å². The number of aromatic nitrogens is 1. The molecule has 0 aliphatic carbocycles. The van der Waals surface area contributed by atoms with Crippen LogP contribution in [0.4, 0.5) is 15.2 Å². The van der Waals surface area contributed by atoms with Gasteiger partial charge < -0.3 is 5.32 Å². The molecule has 1 aromatic heterocycles. The van der Waals surface area contributed by atoms with E-state index in [0.29, 0.717) is 36.8 Å². The van der Waals surface area contributed by atoms with Crippen LogP contribution in [-0.2, 0) is 15.4 Å². The average molecular weight is 432 g/mol. The van der Waals surface area contributed by atoms with Crippen molar-refractivity contribution in [2.45, 2.75) is 18.3 Å². The van der Waals surface area contributed by atoms with Gasteiger partial charge in [-0.25, -0.2) is 22.1 Å². The summed E-state index contributed by atoms with van der Waals surface area (Å²) in [6.45, 7) is 0.892. The van der Waals surface area contributed by atoms with Crippen molar-refractivity contribution in [2.75, 3.05) is 24.7 Å². The van der Waals surface area contributed by atoms with Crippen molar-refractivity contribution >= 4 is 32.2 Å². The maximum Gasteiger partial charge on any atom is 0.211 e. The number of thiazole rings is 1. The van der Waals surface area contributed by atoms with Gasteiger partial charge in [-0.1, -0.05) is 42.5 Å². The van der Waals surface area contributed by atoms with E-state index in [1.807, 2.05) is 23.6 Å². The third-order valence-electron chi connectivity index (χ3n) is 5.48. The standard InChI is InChI=1S/C21H22FN3O2S2/c1-29(26,27)25-13-11-21(12-14-25,16-7-3-2-4-8-16)19-15-28-20(24-19)23-18-10-6-5-9-17(18)22/h2-10,15H,11-14H2,1H3,(H,23,24). The maximum absolute atomic E-state index is 14.0. The number of para-hydroxylation sites is 1. The number of hydrogen-bond acceptors (Lipinski definition) is 5. The van der Waals surface area contributed by atoms with Crippen LogP contribution < -0.4 is 5.32 Å². The predicted octanol–water partition coefficient (Wildman–Crippen LogP) is 4.37. The van der Waals surface area contributed by atoms with Crippen molar-refractivity contribution < 1.29 is 12.8 Å². The van der Waals surface area contributed by atoms with Gasteiger partial charge in [-0.2, -0.15) is 0 Å². The number of anilines is 2. The molecule has 1 aliphatic rings. The molecule has 1 N–H and O–H groups in total. The minimum absolute atomic E-state index is 0.330. The Labute approximate surface area is 174 Å². The zero-order chi connectivity index (χ0) is 20.5. The Morgan fingerprint density at radius 3 is 2.38 bits per heavy atom. The number of rotatable bonds is 5. The quantitative estimate of drug-likeness (QED) is 0.652. The molecular weight excluding hydrogens is 409 g/mol. The molecule has 0 saturated carbocycles. The molecule has 3 aromatic rings. The SMILES string of the molecule is CS(=O)(=O)N1CCC(c2ccccc2)(c2csc(Nc3ccccc3F)n2)CC1. The first-order valence-corrected chi connectivity index (χ1v) is 12.1. The molecule has 5 nitrogen and oxygen atoms in total. The lowest BCUT2D eigenvalue weighted by Gasteiger charge is -2.40. The molecule has 0 bridgehead atoms. The fourth-order valence-corrected chi connectivity index (χ4v) is 5.55. The van der Waals surface area contributed by atoms with E-state index in [1.165, 1.54) is 28.0 Å². The van der Waals surface area contributed by atoms with Gasteiger partial charge in [-0.3, -0.25) is 0 Å². The van der Waals surface area contributed by atoms with Gasteiger partial charge in [0.25, 0.3) is 0 Å². The van der Waals surface area contributed by atoms with Gasteiger partial charge in [-0.05, 0) is 30.5 Å². The van der Waals surface area contributed by atoms with Crippen molar-refractivity contribution in [3.05, 3.63) is 77.1 Å². The van der Waals surface area contributed by atoms with Crippen LogP contribution in [0.2, 0.25) is 0 Å². The van der Waals surface area contributed by atoms with Crippen LogP contribution in [0.15, 0.2) is 60.0 Å². The summed E-state index contributed by atoms with van der Waals surface area (Å²) in [5, 5.41) is 5.67. The minimum atomic E-state index is -3.22. The zero-order valence-corrected chi connectivity index (χ0v) is 17.6. The normalized spacial score (nSPS) is 17.2. The summed E-state index contributed by atoms with van der Waals surface area (Å²) in [7, 11) is -3.22. The third-order valence-corrected chi connectivity index (χ3v) is 7.54. The highest BCUT2D eigenvalue weighted by molar-refractivity contribution is 7.88. The lowest BCUT2D eigenvalue weighted by Crippen LogP contribution is -2.45. The van der Waals surface area contributed by atoms with Gasteiger partial charge in [0, 0.05) is 23.9 Å². The molecule has 152 valence electrons. The van der Waals surface area contributed by atoms with Crippen molar-refractivity contribution in [3.8, 4) is 0 Å². The largest absolute Gasteiger partial charge is 0.329 e. The number of nitrogens with zero attached hydrogens (tertiary/aromatic N) is 2. The Hall–Kier alpha value is -2.29. The number of hydrogen-bond donors (Lipinski definition) is 1. The van der Waals surface area contributed by atoms with Crippen molar-refractivity contribution in [2.24, 2.45) is 0 Å². The average Bonchev–Trinajstić information content (AvgIpc) is 3.19. The van der Waals surface area contributed by atoms with Gasteiger partial charge in [0.15, 0.2) is 5.13 Å². The summed E-state index contributed by atoms with van der Waals surface area (Å²) in [6.07, 6.45) is 2.54. The summed E-state index contributed by atoms with van der Waals surface area (Å²) in [5.74, 6) is -0.330. The van der Waals surface area contributed by atoms with Gasteiger partial charge in [-0.15, -0.1) is 11.3 Å². The number of halogens is 1. The predicted molar refractivity (Wildman–Crippen MR) is 115 cm³/mol. The maximum atomic E-state index is 14.0. The number of sulfonamides is 1. The van der Waals surface area contributed by atoms with Crippen molar-refractivity contribution in [1.29, 1.82) is 0 Å². The van der Waals surface area contributed by atoms with E-state index in [2.05, 4.69) is 17.4 Å². The van der Waals surface area contributed by atoms with Crippen LogP contribution in [0.25, 0.3) is 0 Å². The highest BCUT2D eigenvalue weighted by Gasteiger charge is 2.41. The van der Waals surface area contributed by atoms with Crippen molar-refractivity contribution in [3.63, 3.8) is 0 Å². The van der Waals surface area contributed by atoms with E-state index in [9.17, 15) is 12.8 Å². The Bertz CT molecular complexity index is 1090. The summed E-state index contributed by atoms with van der Waals surface area (Å²) in [4.78, 5) is 4.78. The highest BCUT2D eigenvalue weighted by Crippen LogP contribution is 2.43. The minimum Gasteiger partial charge on any atom is -0.329 e. The second kappa shape index (κ2) is 7.85. The second-order valence-electron chi connectivity index (χ2n) is 7.25. The second-order valence-corrected chi connectivity index (χ2v) is 10.1. The summed E-state index contributed by atoms with van der Waals surface area (Å²) < 4.78 is 39.5. The Morgan fingerprint density at radius 1 is 1.07 bits per heavy atom. The lowest BCUT2D eigenvalue weighted by molar-refractivity contribution is 0.263. The fraction of sp³-hybridized carbons (Fsp3) is 0.286. The lowest BCUT2D eigenvalue weighted by atomic mass is 9.71. The van der Waals surface area contributed by atoms with E-state index in [-0.39, 0.29) is 11.2 Å². The monoisotopic (exact) mass is 431 g/mol. The van der Waals surface area contributed by atoms with E-state index in [4.69, 9.17) is 4.98 Å². The Balaban J connectivity index is 1.67. The summed E-state index contributed by atoms with van der Waals surface area (Å²) in [5.41, 5.74) is 2.03. The molecular formula is C21H22FN3O2S2. The molecule has 2 heterocycles. The van der Waals surface area contributed by atoms with Crippen LogP contribution in [-0.4, -0.2) is 37.1 Å². The molecule has 0 atom stereocenters. The van der Waals surface area contributed by atoms with E-state index in [0.717, 1.165) is 11.3 Å². The van der Waals surface area contributed by atoms with Gasteiger partial charge in [0.05, 0.1) is 17.6 Å². The molecule has 0 spiro atoms. The molecule has 1 saturated heterocycles. The molecule has 0 amide bonds. The first kappa shape index (κ1) is 20.0. The molecule has 8 heteroatoms. The highest BCUT2D eigenvalue weighted by atomic mass is 32.2. The van der Waals surface area contributed by atoms with Gasteiger partial charge in [0.2, 0.25) is 10.0 Å². The molecule has 1 fully saturated rings. The number of benzene rings is 2. The molecule has 2 aromatic carbocycles. The van der Waals surface area contributed by atoms with Crippen LogP contribution in [0.3, 0.4) is 0 Å². The topological polar surface area (TPSA) is 62.3 Å². The Kier molecular flexibility index (Phi) is 5.42. The summed E-state index contributed by atoms with van der Waals surface area (Å²) >= 11 is 1.43. The molecule has 4 rings (SSSR count). The van der Waals surface area contributed by atoms with Crippen LogP contribution in [0.5, 0.6) is 0 Å².